The molecule has 4 aromatic rings. The molecule has 1 heterocycles. The third kappa shape index (κ3) is 6.54. The van der Waals surface area contributed by atoms with Gasteiger partial charge < -0.3 is 15.8 Å². The number of carbonyl (C=O) groups is 1. The van der Waals surface area contributed by atoms with E-state index in [4.69, 9.17) is 10.5 Å². The third-order valence-electron chi connectivity index (χ3n) is 5.34. The second-order valence-electron chi connectivity index (χ2n) is 7.96. The van der Waals surface area contributed by atoms with Crippen LogP contribution in [0.5, 0.6) is 5.75 Å². The van der Waals surface area contributed by atoms with Crippen LogP contribution in [-0.4, -0.2) is 19.3 Å². The minimum atomic E-state index is -4.09. The molecule has 0 spiro atoms. The Balaban J connectivity index is 1.57. The number of nitrogens with two attached hydrogens (primary N) is 1. The van der Waals surface area contributed by atoms with Crippen LogP contribution < -0.4 is 20.5 Å². The summed E-state index contributed by atoms with van der Waals surface area (Å²) in [5, 5.41) is 2.59. The Hall–Kier alpha value is -4.05. The van der Waals surface area contributed by atoms with Gasteiger partial charge in [-0.3, -0.25) is 4.79 Å². The number of anilines is 1. The molecule has 0 bridgehead atoms. The molecular weight excluding hydrogens is 476 g/mol. The summed E-state index contributed by atoms with van der Waals surface area (Å²) in [7, 11) is -4.09. The van der Waals surface area contributed by atoms with E-state index in [1.807, 2.05) is 36.4 Å². The normalized spacial score (nSPS) is 12.0. The summed E-state index contributed by atoms with van der Waals surface area (Å²) in [6, 6.07) is 26.8. The van der Waals surface area contributed by atoms with E-state index in [0.29, 0.717) is 30.2 Å². The van der Waals surface area contributed by atoms with E-state index in [1.165, 1.54) is 12.3 Å². The Morgan fingerprint density at radius 2 is 1.61 bits per heavy atom. The Morgan fingerprint density at radius 1 is 0.889 bits per heavy atom. The van der Waals surface area contributed by atoms with Crippen LogP contribution in [-0.2, 0) is 28.0 Å². The predicted molar refractivity (Wildman–Crippen MR) is 137 cm³/mol. The number of hydrogen-bond donors (Lipinski definition) is 3. The number of sulfonamides is 1. The number of nitrogens with one attached hydrogen (secondary N) is 2. The molecule has 0 fully saturated rings. The van der Waals surface area contributed by atoms with Crippen molar-refractivity contribution in [1.29, 1.82) is 0 Å². The lowest BCUT2D eigenvalue weighted by Gasteiger charge is -2.19. The summed E-state index contributed by atoms with van der Waals surface area (Å²) in [4.78, 5) is 17.2. The maximum Gasteiger partial charge on any atom is 0.259 e. The number of nitrogens with zero attached hydrogens (tertiary/aromatic N) is 1. The predicted octanol–water partition coefficient (Wildman–Crippen LogP) is 3.78. The molecule has 8 nitrogen and oxygen atoms in total. The number of ether oxygens (including phenoxy) is 1. The molecule has 9 heteroatoms. The van der Waals surface area contributed by atoms with Gasteiger partial charge in [-0.2, -0.15) is 4.72 Å². The van der Waals surface area contributed by atoms with Gasteiger partial charge >= 0.3 is 0 Å². The minimum Gasteiger partial charge on any atom is -0.489 e. The van der Waals surface area contributed by atoms with Gasteiger partial charge in [-0.25, -0.2) is 13.4 Å². The largest absolute Gasteiger partial charge is 0.489 e. The average Bonchev–Trinajstić information content (AvgIpc) is 2.92. The van der Waals surface area contributed by atoms with Crippen molar-refractivity contribution in [2.24, 2.45) is 5.73 Å². The zero-order chi connectivity index (χ0) is 25.4. The van der Waals surface area contributed by atoms with Crippen molar-refractivity contribution in [3.05, 3.63) is 120 Å². The first-order chi connectivity index (χ1) is 17.4. The van der Waals surface area contributed by atoms with Crippen LogP contribution >= 0.6 is 0 Å². The third-order valence-corrected chi connectivity index (χ3v) is 6.68. The molecule has 4 rings (SSSR count). The standard InChI is InChI=1S/C27H26N4O4S/c28-18-21-9-6-10-23(17-21)30-27(32)26(31-36(33,34)25-11-4-5-16-29-25)22-12-14-24(15-13-22)35-19-20-7-2-1-3-8-20/h1-17,26,31H,18-19,28H2,(H,30,32)/t26-/m0/s1. The van der Waals surface area contributed by atoms with Crippen molar-refractivity contribution in [3.63, 3.8) is 0 Å². The number of carbonyl (C=O) groups excluding carboxylic acids is 1. The van der Waals surface area contributed by atoms with Crippen LogP contribution in [0.25, 0.3) is 0 Å². The van der Waals surface area contributed by atoms with Crippen molar-refractivity contribution in [3.8, 4) is 5.75 Å². The Morgan fingerprint density at radius 3 is 2.31 bits per heavy atom. The number of amides is 1. The van der Waals surface area contributed by atoms with Gasteiger partial charge in [-0.05, 0) is 53.1 Å². The van der Waals surface area contributed by atoms with Crippen molar-refractivity contribution in [2.45, 2.75) is 24.2 Å². The zero-order valence-electron chi connectivity index (χ0n) is 19.4. The summed E-state index contributed by atoms with van der Waals surface area (Å²) in [5.74, 6) is 0.0339. The van der Waals surface area contributed by atoms with E-state index in [1.54, 1.807) is 54.6 Å². The van der Waals surface area contributed by atoms with E-state index in [9.17, 15) is 13.2 Å². The fourth-order valence-corrected chi connectivity index (χ4v) is 4.61. The van der Waals surface area contributed by atoms with Crippen molar-refractivity contribution in [2.75, 3.05) is 5.32 Å². The molecule has 4 N–H and O–H groups in total. The Labute approximate surface area is 210 Å². The topological polar surface area (TPSA) is 123 Å². The molecule has 1 atom stereocenters. The SMILES string of the molecule is NCc1cccc(NC(=O)[C@@H](NS(=O)(=O)c2ccccn2)c2ccc(OCc3ccccc3)cc2)c1. The van der Waals surface area contributed by atoms with E-state index in [-0.39, 0.29) is 5.03 Å². The van der Waals surface area contributed by atoms with Gasteiger partial charge in [0, 0.05) is 18.4 Å². The first-order valence-corrected chi connectivity index (χ1v) is 12.7. The monoisotopic (exact) mass is 502 g/mol. The molecule has 1 aromatic heterocycles. The number of benzene rings is 3. The maximum absolute atomic E-state index is 13.3. The molecule has 184 valence electrons. The lowest BCUT2D eigenvalue weighted by molar-refractivity contribution is -0.117. The van der Waals surface area contributed by atoms with E-state index in [0.717, 1.165) is 11.1 Å². The minimum absolute atomic E-state index is 0.184. The van der Waals surface area contributed by atoms with Gasteiger partial charge in [0.25, 0.3) is 10.0 Å². The number of pyridine rings is 1. The highest BCUT2D eigenvalue weighted by Gasteiger charge is 2.28. The lowest BCUT2D eigenvalue weighted by atomic mass is 10.1. The average molecular weight is 503 g/mol. The molecule has 0 aliphatic carbocycles. The van der Waals surface area contributed by atoms with Crippen LogP contribution in [0, 0.1) is 0 Å². The van der Waals surface area contributed by atoms with Crippen LogP contribution in [0.15, 0.2) is 108 Å². The molecule has 0 saturated carbocycles. The van der Waals surface area contributed by atoms with Gasteiger partial charge in [0.1, 0.15) is 18.4 Å². The van der Waals surface area contributed by atoms with Crippen LogP contribution in [0.1, 0.15) is 22.7 Å². The summed E-state index contributed by atoms with van der Waals surface area (Å²) in [5.41, 5.74) is 8.49. The van der Waals surface area contributed by atoms with Gasteiger partial charge in [-0.1, -0.05) is 60.7 Å². The summed E-state index contributed by atoms with van der Waals surface area (Å²) in [6.45, 7) is 0.692. The highest BCUT2D eigenvalue weighted by atomic mass is 32.2. The molecule has 0 unspecified atom stereocenters. The summed E-state index contributed by atoms with van der Waals surface area (Å²) < 4.78 is 34.3. The molecule has 0 aliphatic heterocycles. The molecule has 1 amide bonds. The smallest absolute Gasteiger partial charge is 0.259 e. The first-order valence-electron chi connectivity index (χ1n) is 11.2. The zero-order valence-corrected chi connectivity index (χ0v) is 20.2. The van der Waals surface area contributed by atoms with Crippen molar-refractivity contribution >= 4 is 21.6 Å². The van der Waals surface area contributed by atoms with Gasteiger partial charge in [0.2, 0.25) is 5.91 Å². The maximum atomic E-state index is 13.3. The fourth-order valence-electron chi connectivity index (χ4n) is 3.48. The second-order valence-corrected chi connectivity index (χ2v) is 9.62. The van der Waals surface area contributed by atoms with Crippen molar-refractivity contribution < 1.29 is 17.9 Å². The number of aromatic nitrogens is 1. The highest BCUT2D eigenvalue weighted by molar-refractivity contribution is 7.89. The molecular formula is C27H26N4O4S. The van der Waals surface area contributed by atoms with Crippen LogP contribution in [0.4, 0.5) is 5.69 Å². The Bertz CT molecular complexity index is 1400. The Kier molecular flexibility index (Phi) is 8.06. The highest BCUT2D eigenvalue weighted by Crippen LogP contribution is 2.23. The fraction of sp³-hybridized carbons (Fsp3) is 0.111. The second kappa shape index (κ2) is 11.6. The van der Waals surface area contributed by atoms with Crippen molar-refractivity contribution in [1.82, 2.24) is 9.71 Å². The molecule has 0 radical (unpaired) electrons. The van der Waals surface area contributed by atoms with Gasteiger partial charge in [-0.15, -0.1) is 0 Å². The molecule has 36 heavy (non-hydrogen) atoms. The van der Waals surface area contributed by atoms with E-state index >= 15 is 0 Å². The van der Waals surface area contributed by atoms with Crippen LogP contribution in [0.2, 0.25) is 0 Å². The van der Waals surface area contributed by atoms with E-state index in [2.05, 4.69) is 15.0 Å². The summed E-state index contributed by atoms with van der Waals surface area (Å²) in [6.07, 6.45) is 1.38. The summed E-state index contributed by atoms with van der Waals surface area (Å²) >= 11 is 0. The van der Waals surface area contributed by atoms with Gasteiger partial charge in [0.05, 0.1) is 0 Å². The molecule has 3 aromatic carbocycles. The quantitative estimate of drug-likeness (QED) is 0.303. The van der Waals surface area contributed by atoms with Crippen LogP contribution in [0.3, 0.4) is 0 Å². The van der Waals surface area contributed by atoms with E-state index < -0.39 is 22.0 Å². The lowest BCUT2D eigenvalue weighted by Crippen LogP contribution is -2.37. The molecule has 0 saturated heterocycles. The first kappa shape index (κ1) is 25.1. The molecule has 0 aliphatic rings. The number of rotatable bonds is 10. The number of hydrogen-bond acceptors (Lipinski definition) is 6. The van der Waals surface area contributed by atoms with Gasteiger partial charge in [0.15, 0.2) is 5.03 Å².